The Balaban J connectivity index is 3.06. The van der Waals surface area contributed by atoms with E-state index in [0.29, 0.717) is 22.0 Å². The van der Waals surface area contributed by atoms with E-state index in [0.717, 1.165) is 11.1 Å². The van der Waals surface area contributed by atoms with Crippen molar-refractivity contribution in [1.82, 2.24) is 0 Å². The van der Waals surface area contributed by atoms with E-state index in [1.165, 1.54) is 0 Å². The van der Waals surface area contributed by atoms with E-state index in [1.807, 2.05) is 6.07 Å². The zero-order valence-corrected chi connectivity index (χ0v) is 12.5. The number of nitrogens with zero attached hydrogens (tertiary/aromatic N) is 1. The fourth-order valence-electron chi connectivity index (χ4n) is 1.41. The molecule has 0 aliphatic heterocycles. The first-order chi connectivity index (χ1) is 8.12. The fourth-order valence-corrected chi connectivity index (χ4v) is 2.19. The number of carbonyl (C=O) groups is 1. The zero-order chi connectivity index (χ0) is 12.8. The maximum Gasteiger partial charge on any atom is 0.310 e. The Kier molecular flexibility index (Phi) is 5.66. The highest BCUT2D eigenvalue weighted by atomic mass is 79.9. The number of nitriles is 1. The molecule has 0 atom stereocenters. The Morgan fingerprint density at radius 1 is 1.53 bits per heavy atom. The number of esters is 1. The molecule has 0 spiro atoms. The van der Waals surface area contributed by atoms with Gasteiger partial charge in [0.05, 0.1) is 18.6 Å². The lowest BCUT2D eigenvalue weighted by Crippen LogP contribution is -2.08. The summed E-state index contributed by atoms with van der Waals surface area (Å²) < 4.78 is 5.56. The Hall–Kier alpha value is -0.860. The van der Waals surface area contributed by atoms with E-state index in [1.54, 1.807) is 13.0 Å². The molecule has 0 aliphatic rings. The van der Waals surface area contributed by atoms with Crippen molar-refractivity contribution < 1.29 is 9.53 Å². The zero-order valence-electron chi connectivity index (χ0n) is 9.30. The number of carbonyl (C=O) groups excluding carboxylic acids is 1. The van der Waals surface area contributed by atoms with Gasteiger partial charge in [-0.3, -0.25) is 4.79 Å². The molecule has 0 saturated heterocycles. The second kappa shape index (κ2) is 6.77. The van der Waals surface area contributed by atoms with Gasteiger partial charge in [0.1, 0.15) is 6.07 Å². The van der Waals surface area contributed by atoms with Crippen LogP contribution < -0.4 is 0 Å². The van der Waals surface area contributed by atoms with Gasteiger partial charge in [0.2, 0.25) is 0 Å². The van der Waals surface area contributed by atoms with Crippen LogP contribution in [-0.2, 0) is 21.3 Å². The summed E-state index contributed by atoms with van der Waals surface area (Å²) in [7, 11) is 0. The maximum atomic E-state index is 11.4. The molecule has 0 aromatic heterocycles. The van der Waals surface area contributed by atoms with Crippen LogP contribution in [0.2, 0.25) is 0 Å². The standard InChI is InChI=1S/C12H11Br2NO2/c1-2-17-11(16)5-9-3-8(6-13)4-10(7-15)12(9)14/h3-4H,2,5-6H2,1H3. The van der Waals surface area contributed by atoms with Gasteiger partial charge in [-0.05, 0) is 40.0 Å². The van der Waals surface area contributed by atoms with E-state index in [-0.39, 0.29) is 12.4 Å². The molecule has 0 aliphatic carbocycles. The van der Waals surface area contributed by atoms with Crippen molar-refractivity contribution in [2.75, 3.05) is 6.61 Å². The molecule has 0 heterocycles. The summed E-state index contributed by atoms with van der Waals surface area (Å²) in [4.78, 5) is 11.4. The molecule has 17 heavy (non-hydrogen) atoms. The van der Waals surface area contributed by atoms with Crippen LogP contribution in [0.5, 0.6) is 0 Å². The van der Waals surface area contributed by atoms with Crippen LogP contribution in [0.4, 0.5) is 0 Å². The van der Waals surface area contributed by atoms with Gasteiger partial charge in [0.15, 0.2) is 0 Å². The highest BCUT2D eigenvalue weighted by Gasteiger charge is 2.12. The SMILES string of the molecule is CCOC(=O)Cc1cc(CBr)cc(C#N)c1Br. The molecule has 0 fully saturated rings. The number of rotatable bonds is 4. The highest BCUT2D eigenvalue weighted by molar-refractivity contribution is 9.10. The number of halogens is 2. The van der Waals surface area contributed by atoms with Crippen LogP contribution in [0.3, 0.4) is 0 Å². The van der Waals surface area contributed by atoms with E-state index in [4.69, 9.17) is 10.00 Å². The molecule has 1 aromatic rings. The molecule has 0 bridgehead atoms. The third-order valence-corrected chi connectivity index (χ3v) is 3.71. The predicted octanol–water partition coefficient (Wildman–Crippen LogP) is 3.32. The Morgan fingerprint density at radius 2 is 2.24 bits per heavy atom. The molecular formula is C12H11Br2NO2. The minimum absolute atomic E-state index is 0.171. The molecule has 5 heteroatoms. The molecule has 0 saturated carbocycles. The lowest BCUT2D eigenvalue weighted by molar-refractivity contribution is -0.142. The smallest absolute Gasteiger partial charge is 0.310 e. The normalized spacial score (nSPS) is 9.76. The topological polar surface area (TPSA) is 50.1 Å². The Morgan fingerprint density at radius 3 is 2.76 bits per heavy atom. The number of hydrogen-bond acceptors (Lipinski definition) is 3. The van der Waals surface area contributed by atoms with Gasteiger partial charge >= 0.3 is 5.97 Å². The van der Waals surface area contributed by atoms with Crippen LogP contribution >= 0.6 is 31.9 Å². The molecule has 0 unspecified atom stereocenters. The molecule has 0 radical (unpaired) electrons. The number of benzene rings is 1. The van der Waals surface area contributed by atoms with Gasteiger partial charge in [0.25, 0.3) is 0 Å². The second-order valence-electron chi connectivity index (χ2n) is 3.34. The largest absolute Gasteiger partial charge is 0.466 e. The van der Waals surface area contributed by atoms with E-state index in [2.05, 4.69) is 37.9 Å². The first kappa shape index (κ1) is 14.2. The third-order valence-electron chi connectivity index (χ3n) is 2.12. The Labute approximate surface area is 117 Å². The maximum absolute atomic E-state index is 11.4. The summed E-state index contributed by atoms with van der Waals surface area (Å²) in [5, 5.41) is 9.63. The van der Waals surface area contributed by atoms with E-state index < -0.39 is 0 Å². The number of hydrogen-bond donors (Lipinski definition) is 0. The van der Waals surface area contributed by atoms with Crippen LogP contribution in [-0.4, -0.2) is 12.6 Å². The van der Waals surface area contributed by atoms with Gasteiger partial charge in [-0.15, -0.1) is 0 Å². The van der Waals surface area contributed by atoms with E-state index >= 15 is 0 Å². The van der Waals surface area contributed by atoms with Gasteiger partial charge < -0.3 is 4.74 Å². The Bertz CT molecular complexity index is 466. The van der Waals surface area contributed by atoms with Crippen molar-refractivity contribution >= 4 is 37.8 Å². The van der Waals surface area contributed by atoms with Gasteiger partial charge in [-0.25, -0.2) is 0 Å². The van der Waals surface area contributed by atoms with Crippen molar-refractivity contribution in [3.05, 3.63) is 33.3 Å². The summed E-state index contributed by atoms with van der Waals surface area (Å²) in [5.41, 5.74) is 2.27. The van der Waals surface area contributed by atoms with Crippen molar-refractivity contribution in [2.45, 2.75) is 18.7 Å². The third kappa shape index (κ3) is 3.83. The van der Waals surface area contributed by atoms with Crippen molar-refractivity contribution in [3.8, 4) is 6.07 Å². The minimum Gasteiger partial charge on any atom is -0.466 e. The molecule has 90 valence electrons. The molecule has 0 N–H and O–H groups in total. The molecular weight excluding hydrogens is 350 g/mol. The second-order valence-corrected chi connectivity index (χ2v) is 4.70. The lowest BCUT2D eigenvalue weighted by atomic mass is 10.0. The van der Waals surface area contributed by atoms with Crippen molar-refractivity contribution in [3.63, 3.8) is 0 Å². The van der Waals surface area contributed by atoms with Crippen LogP contribution in [0.1, 0.15) is 23.6 Å². The quantitative estimate of drug-likeness (QED) is 0.611. The summed E-state index contributed by atoms with van der Waals surface area (Å²) in [6.45, 7) is 2.13. The van der Waals surface area contributed by atoms with E-state index in [9.17, 15) is 4.79 Å². The lowest BCUT2D eigenvalue weighted by Gasteiger charge is -2.08. The molecule has 1 rings (SSSR count). The summed E-state index contributed by atoms with van der Waals surface area (Å²) in [6.07, 6.45) is 0.171. The first-order valence-corrected chi connectivity index (χ1v) is 6.96. The average molecular weight is 361 g/mol. The molecule has 3 nitrogen and oxygen atoms in total. The van der Waals surface area contributed by atoms with Crippen LogP contribution in [0, 0.1) is 11.3 Å². The highest BCUT2D eigenvalue weighted by Crippen LogP contribution is 2.25. The van der Waals surface area contributed by atoms with Crippen LogP contribution in [0.15, 0.2) is 16.6 Å². The van der Waals surface area contributed by atoms with Gasteiger partial charge in [0, 0.05) is 9.80 Å². The fraction of sp³-hybridized carbons (Fsp3) is 0.333. The number of alkyl halides is 1. The van der Waals surface area contributed by atoms with Gasteiger partial charge in [-0.1, -0.05) is 22.0 Å². The predicted molar refractivity (Wildman–Crippen MR) is 71.8 cm³/mol. The first-order valence-electron chi connectivity index (χ1n) is 5.05. The van der Waals surface area contributed by atoms with Crippen LogP contribution in [0.25, 0.3) is 0 Å². The monoisotopic (exact) mass is 359 g/mol. The summed E-state index contributed by atoms with van der Waals surface area (Å²) in [6, 6.07) is 5.77. The molecule has 1 aromatic carbocycles. The summed E-state index contributed by atoms with van der Waals surface area (Å²) in [5.74, 6) is -0.288. The molecule has 0 amide bonds. The minimum atomic E-state index is -0.288. The van der Waals surface area contributed by atoms with Crippen molar-refractivity contribution in [1.29, 1.82) is 5.26 Å². The average Bonchev–Trinajstić information content (AvgIpc) is 2.32. The van der Waals surface area contributed by atoms with Gasteiger partial charge in [-0.2, -0.15) is 5.26 Å². The summed E-state index contributed by atoms with van der Waals surface area (Å²) >= 11 is 6.67. The van der Waals surface area contributed by atoms with Crippen molar-refractivity contribution in [2.24, 2.45) is 0 Å². The number of ether oxygens (including phenoxy) is 1.